The molecule has 0 spiro atoms. The smallest absolute Gasteiger partial charge is 0.191 e. The molecular formula is C20H31N5O3S. The first-order chi connectivity index (χ1) is 13.7. The Bertz CT molecular complexity index is 980. The van der Waals surface area contributed by atoms with Gasteiger partial charge in [-0.3, -0.25) is 9.67 Å². The maximum atomic E-state index is 11.8. The van der Waals surface area contributed by atoms with Crippen molar-refractivity contribution in [2.45, 2.75) is 45.3 Å². The van der Waals surface area contributed by atoms with Gasteiger partial charge in [-0.2, -0.15) is 5.10 Å². The maximum absolute atomic E-state index is 11.8. The van der Waals surface area contributed by atoms with Gasteiger partial charge in [-0.25, -0.2) is 8.42 Å². The minimum absolute atomic E-state index is 0.361. The van der Waals surface area contributed by atoms with Gasteiger partial charge in [0.2, 0.25) is 0 Å². The molecule has 0 unspecified atom stereocenters. The van der Waals surface area contributed by atoms with Crippen LogP contribution in [0.15, 0.2) is 28.1 Å². The molecule has 0 aliphatic rings. The Balaban J connectivity index is 1.99. The molecule has 0 aliphatic heterocycles. The Morgan fingerprint density at radius 3 is 2.48 bits per heavy atom. The van der Waals surface area contributed by atoms with Crippen LogP contribution in [0, 0.1) is 20.8 Å². The first-order valence-corrected chi connectivity index (χ1v) is 11.3. The molecule has 0 radical (unpaired) electrons. The number of rotatable bonds is 8. The number of guanidine groups is 1. The molecule has 0 saturated carbocycles. The van der Waals surface area contributed by atoms with Crippen LogP contribution in [-0.4, -0.2) is 51.2 Å². The number of hydrogen-bond donors (Lipinski definition) is 2. The van der Waals surface area contributed by atoms with Gasteiger partial charge in [0.05, 0.1) is 23.7 Å². The second-order valence-corrected chi connectivity index (χ2v) is 9.00. The van der Waals surface area contributed by atoms with Gasteiger partial charge in [-0.05, 0) is 38.0 Å². The lowest BCUT2D eigenvalue weighted by Crippen LogP contribution is -2.36. The summed E-state index contributed by atoms with van der Waals surface area (Å²) in [4.78, 5) is 4.63. The van der Waals surface area contributed by atoms with E-state index in [9.17, 15) is 8.42 Å². The van der Waals surface area contributed by atoms with Crippen molar-refractivity contribution in [3.8, 4) is 0 Å². The molecular weight excluding hydrogens is 390 g/mol. The number of nitrogens with zero attached hydrogens (tertiary/aromatic N) is 3. The van der Waals surface area contributed by atoms with Gasteiger partial charge in [0, 0.05) is 44.8 Å². The number of aromatic nitrogens is 2. The van der Waals surface area contributed by atoms with E-state index in [1.54, 1.807) is 27.1 Å². The van der Waals surface area contributed by atoms with Crippen molar-refractivity contribution >= 4 is 15.8 Å². The minimum atomic E-state index is -3.21. The highest BCUT2D eigenvalue weighted by Gasteiger charge is 2.13. The highest BCUT2D eigenvalue weighted by molar-refractivity contribution is 7.90. The molecule has 29 heavy (non-hydrogen) atoms. The fourth-order valence-electron chi connectivity index (χ4n) is 3.20. The van der Waals surface area contributed by atoms with Crippen LogP contribution in [0.5, 0.6) is 0 Å². The third kappa shape index (κ3) is 6.04. The van der Waals surface area contributed by atoms with Gasteiger partial charge in [0.15, 0.2) is 15.8 Å². The van der Waals surface area contributed by atoms with E-state index >= 15 is 0 Å². The molecule has 2 N–H and O–H groups in total. The molecule has 0 atom stereocenters. The molecule has 0 amide bonds. The lowest BCUT2D eigenvalue weighted by atomic mass is 10.1. The first kappa shape index (κ1) is 22.9. The predicted octanol–water partition coefficient (Wildman–Crippen LogP) is 1.72. The molecule has 8 nitrogen and oxygen atoms in total. The summed E-state index contributed by atoms with van der Waals surface area (Å²) in [6.45, 7) is 8.34. The van der Waals surface area contributed by atoms with E-state index in [2.05, 4.69) is 27.6 Å². The Morgan fingerprint density at radius 2 is 1.90 bits per heavy atom. The van der Waals surface area contributed by atoms with E-state index in [1.807, 2.05) is 23.7 Å². The summed E-state index contributed by atoms with van der Waals surface area (Å²) in [6.07, 6.45) is 1.22. The largest absolute Gasteiger partial charge is 0.383 e. The number of nitrogens with one attached hydrogen (secondary N) is 2. The van der Waals surface area contributed by atoms with Crippen molar-refractivity contribution in [3.05, 3.63) is 46.3 Å². The molecule has 0 bridgehead atoms. The number of methoxy groups -OCH3 is 1. The predicted molar refractivity (Wildman–Crippen MR) is 115 cm³/mol. The van der Waals surface area contributed by atoms with Crippen LogP contribution in [0.4, 0.5) is 0 Å². The van der Waals surface area contributed by atoms with Crippen LogP contribution in [0.25, 0.3) is 0 Å². The van der Waals surface area contributed by atoms with E-state index < -0.39 is 9.84 Å². The fourth-order valence-corrected chi connectivity index (χ4v) is 4.16. The number of ether oxygens (including phenoxy) is 1. The monoisotopic (exact) mass is 421 g/mol. The topological polar surface area (TPSA) is 97.6 Å². The summed E-state index contributed by atoms with van der Waals surface area (Å²) >= 11 is 0. The Morgan fingerprint density at radius 1 is 1.21 bits per heavy atom. The Labute approximate surface area is 173 Å². The Hall–Kier alpha value is -2.39. The third-order valence-electron chi connectivity index (χ3n) is 4.79. The summed E-state index contributed by atoms with van der Waals surface area (Å²) < 4.78 is 30.6. The van der Waals surface area contributed by atoms with Gasteiger partial charge >= 0.3 is 0 Å². The number of hydrogen-bond acceptors (Lipinski definition) is 5. The lowest BCUT2D eigenvalue weighted by molar-refractivity contribution is 0.182. The zero-order chi connectivity index (χ0) is 21.6. The number of benzene rings is 1. The van der Waals surface area contributed by atoms with E-state index in [-0.39, 0.29) is 0 Å². The van der Waals surface area contributed by atoms with E-state index in [1.165, 1.54) is 6.26 Å². The highest BCUT2D eigenvalue weighted by Crippen LogP contribution is 2.16. The van der Waals surface area contributed by atoms with Crippen LogP contribution in [0.1, 0.15) is 28.1 Å². The van der Waals surface area contributed by atoms with Crippen molar-refractivity contribution < 1.29 is 13.2 Å². The molecule has 1 heterocycles. The summed E-state index contributed by atoms with van der Waals surface area (Å²) in [5, 5.41) is 11.1. The standard InChI is InChI=1S/C20H31N5O3S/c1-14-11-17(7-8-19(14)29(6,26)27)12-22-20(21-4)23-13-18-15(2)24-25(16(18)3)9-10-28-5/h7-8,11H,9-10,12-13H2,1-6H3,(H2,21,22,23). The molecule has 2 aromatic rings. The second-order valence-electron chi connectivity index (χ2n) is 7.02. The zero-order valence-electron chi connectivity index (χ0n) is 18.0. The average molecular weight is 422 g/mol. The molecule has 1 aromatic heterocycles. The molecule has 160 valence electrons. The number of aryl methyl sites for hydroxylation is 2. The molecule has 0 saturated heterocycles. The SMILES string of the molecule is CN=C(NCc1ccc(S(C)(=O)=O)c(C)c1)NCc1c(C)nn(CCOC)c1C. The average Bonchev–Trinajstić information content (AvgIpc) is 2.92. The second kappa shape index (κ2) is 9.89. The van der Waals surface area contributed by atoms with Crippen molar-refractivity contribution in [1.29, 1.82) is 0 Å². The van der Waals surface area contributed by atoms with E-state index in [0.29, 0.717) is 30.6 Å². The van der Waals surface area contributed by atoms with E-state index in [0.717, 1.165) is 34.6 Å². The van der Waals surface area contributed by atoms with Crippen LogP contribution < -0.4 is 10.6 Å². The van der Waals surface area contributed by atoms with Gasteiger partial charge in [-0.1, -0.05) is 12.1 Å². The van der Waals surface area contributed by atoms with Crippen molar-refractivity contribution in [2.75, 3.05) is 27.0 Å². The van der Waals surface area contributed by atoms with Crippen LogP contribution in [0.3, 0.4) is 0 Å². The molecule has 9 heteroatoms. The maximum Gasteiger partial charge on any atom is 0.191 e. The summed E-state index contributed by atoms with van der Waals surface area (Å²) in [5.74, 6) is 0.665. The summed E-state index contributed by atoms with van der Waals surface area (Å²) in [7, 11) is 0.188. The molecule has 0 aliphatic carbocycles. The molecule has 0 fully saturated rings. The first-order valence-electron chi connectivity index (χ1n) is 9.43. The Kier molecular flexibility index (Phi) is 7.80. The van der Waals surface area contributed by atoms with Crippen LogP contribution in [0.2, 0.25) is 0 Å². The molecule has 2 rings (SSSR count). The van der Waals surface area contributed by atoms with Crippen LogP contribution in [-0.2, 0) is 34.2 Å². The van der Waals surface area contributed by atoms with Crippen molar-refractivity contribution in [3.63, 3.8) is 0 Å². The highest BCUT2D eigenvalue weighted by atomic mass is 32.2. The van der Waals surface area contributed by atoms with E-state index in [4.69, 9.17) is 4.74 Å². The minimum Gasteiger partial charge on any atom is -0.383 e. The van der Waals surface area contributed by atoms with Gasteiger partial charge in [0.25, 0.3) is 0 Å². The van der Waals surface area contributed by atoms with Gasteiger partial charge in [-0.15, -0.1) is 0 Å². The van der Waals surface area contributed by atoms with Crippen molar-refractivity contribution in [1.82, 2.24) is 20.4 Å². The lowest BCUT2D eigenvalue weighted by Gasteiger charge is -2.13. The van der Waals surface area contributed by atoms with Crippen molar-refractivity contribution in [2.24, 2.45) is 4.99 Å². The summed E-state index contributed by atoms with van der Waals surface area (Å²) in [5.41, 5.74) is 4.95. The van der Waals surface area contributed by atoms with Gasteiger partial charge in [0.1, 0.15) is 0 Å². The van der Waals surface area contributed by atoms with Crippen LogP contribution >= 0.6 is 0 Å². The third-order valence-corrected chi connectivity index (χ3v) is 6.05. The zero-order valence-corrected chi connectivity index (χ0v) is 18.9. The normalized spacial score (nSPS) is 12.3. The van der Waals surface area contributed by atoms with Gasteiger partial charge < -0.3 is 15.4 Å². The molecule has 1 aromatic carbocycles. The summed E-state index contributed by atoms with van der Waals surface area (Å²) in [6, 6.07) is 5.35. The number of aliphatic imine (C=N–C) groups is 1. The number of sulfone groups is 1. The fraction of sp³-hybridized carbons (Fsp3) is 0.500. The quantitative estimate of drug-likeness (QED) is 0.498.